The van der Waals surface area contributed by atoms with Gasteiger partial charge in [-0.3, -0.25) is 19.4 Å². The third kappa shape index (κ3) is 3.31. The maximum atomic E-state index is 14.4. The molecule has 0 spiro atoms. The molecule has 0 unspecified atom stereocenters. The number of aromatic nitrogens is 2. The van der Waals surface area contributed by atoms with E-state index in [2.05, 4.69) is 0 Å². The van der Waals surface area contributed by atoms with Gasteiger partial charge in [0, 0.05) is 5.92 Å². The van der Waals surface area contributed by atoms with Crippen LogP contribution in [0, 0.1) is 5.92 Å². The molecule has 0 saturated heterocycles. The topological polar surface area (TPSA) is 113 Å². The normalized spacial score (nSPS) is 21.2. The molecule has 1 aromatic carbocycles. The van der Waals surface area contributed by atoms with Crippen molar-refractivity contribution in [2.24, 2.45) is 5.92 Å². The number of para-hydroxylation sites is 1. The fourth-order valence-corrected chi connectivity index (χ4v) is 4.51. The zero-order chi connectivity index (χ0) is 23.3. The molecule has 1 aliphatic heterocycles. The van der Waals surface area contributed by atoms with E-state index in [4.69, 9.17) is 11.6 Å². The number of hydrogen-bond donors (Lipinski definition) is 3. The number of H-pyrrole nitrogens is 1. The SMILES string of the molecule is O=C(N[C@]1(C(F)(F)F)C(=O)Nc2c1c(=O)[nH]c(=O)n2-c1ccccc1Cl)C1CCCCC1. The standard InChI is InChI=1S/C20H18ClF3N4O4/c21-11-8-4-5-9-12(11)28-14-13(16(30)26-18(28)32)19(17(31)25-14,20(22,23)24)27-15(29)10-6-2-1-3-7-10/h4-5,8-10H,1-3,6-7H2,(H,25,31)(H,27,29)(H,26,30,32)/t19-/m0/s1. The predicted molar refractivity (Wildman–Crippen MR) is 109 cm³/mol. The quantitative estimate of drug-likeness (QED) is 0.640. The van der Waals surface area contributed by atoms with Gasteiger partial charge in [0.1, 0.15) is 11.4 Å². The van der Waals surface area contributed by atoms with E-state index < -0.39 is 52.1 Å². The number of halogens is 4. The van der Waals surface area contributed by atoms with Crippen molar-refractivity contribution in [3.63, 3.8) is 0 Å². The highest BCUT2D eigenvalue weighted by atomic mass is 35.5. The zero-order valence-corrected chi connectivity index (χ0v) is 17.3. The molecule has 0 radical (unpaired) electrons. The maximum Gasteiger partial charge on any atom is 0.425 e. The highest BCUT2D eigenvalue weighted by Gasteiger charge is 2.68. The summed E-state index contributed by atoms with van der Waals surface area (Å²) >= 11 is 6.10. The molecule has 1 aliphatic carbocycles. The van der Waals surface area contributed by atoms with Gasteiger partial charge >= 0.3 is 11.9 Å². The van der Waals surface area contributed by atoms with Crippen LogP contribution in [0.4, 0.5) is 19.0 Å². The second-order valence-electron chi connectivity index (χ2n) is 7.80. The summed E-state index contributed by atoms with van der Waals surface area (Å²) in [4.78, 5) is 52.5. The molecule has 2 aromatic rings. The molecule has 32 heavy (non-hydrogen) atoms. The summed E-state index contributed by atoms with van der Waals surface area (Å²) in [6.07, 6.45) is -2.41. The van der Waals surface area contributed by atoms with E-state index in [9.17, 15) is 32.3 Å². The van der Waals surface area contributed by atoms with E-state index in [1.807, 2.05) is 15.6 Å². The first-order valence-corrected chi connectivity index (χ1v) is 10.3. The number of nitrogens with zero attached hydrogens (tertiary/aromatic N) is 1. The second kappa shape index (κ2) is 7.80. The number of fused-ring (bicyclic) bond motifs is 1. The summed E-state index contributed by atoms with van der Waals surface area (Å²) in [6, 6.07) is 5.73. The minimum Gasteiger partial charge on any atom is -0.330 e. The molecule has 12 heteroatoms. The van der Waals surface area contributed by atoms with Crippen molar-refractivity contribution in [3.05, 3.63) is 55.7 Å². The van der Waals surface area contributed by atoms with Crippen LogP contribution in [-0.2, 0) is 15.1 Å². The number of anilines is 1. The Morgan fingerprint density at radius 3 is 2.41 bits per heavy atom. The molecule has 170 valence electrons. The van der Waals surface area contributed by atoms with Crippen LogP contribution in [0.15, 0.2) is 33.9 Å². The van der Waals surface area contributed by atoms with E-state index in [-0.39, 0.29) is 10.7 Å². The van der Waals surface area contributed by atoms with Gasteiger partial charge in [0.05, 0.1) is 10.7 Å². The van der Waals surface area contributed by atoms with Gasteiger partial charge in [-0.1, -0.05) is 43.0 Å². The molecular formula is C20H18ClF3N4O4. The first-order valence-electron chi connectivity index (χ1n) is 9.93. The molecule has 4 rings (SSSR count). The van der Waals surface area contributed by atoms with Gasteiger partial charge in [-0.05, 0) is 25.0 Å². The Bertz CT molecular complexity index is 1220. The monoisotopic (exact) mass is 470 g/mol. The van der Waals surface area contributed by atoms with Gasteiger partial charge in [-0.15, -0.1) is 0 Å². The summed E-state index contributed by atoms with van der Waals surface area (Å²) in [6.45, 7) is 0. The van der Waals surface area contributed by atoms with Crippen LogP contribution in [0.25, 0.3) is 5.69 Å². The van der Waals surface area contributed by atoms with Gasteiger partial charge in [-0.25, -0.2) is 9.36 Å². The van der Waals surface area contributed by atoms with Gasteiger partial charge in [0.25, 0.3) is 11.5 Å². The number of amides is 2. The summed E-state index contributed by atoms with van der Waals surface area (Å²) < 4.78 is 44.0. The number of hydrogen-bond acceptors (Lipinski definition) is 4. The molecular weight excluding hydrogens is 453 g/mol. The van der Waals surface area contributed by atoms with E-state index in [1.54, 1.807) is 0 Å². The third-order valence-corrected chi connectivity index (χ3v) is 6.18. The number of nitrogens with one attached hydrogen (secondary N) is 3. The molecule has 1 saturated carbocycles. The van der Waals surface area contributed by atoms with Gasteiger partial charge in [0.15, 0.2) is 0 Å². The van der Waals surface area contributed by atoms with Crippen LogP contribution < -0.4 is 21.9 Å². The average molecular weight is 471 g/mol. The molecule has 2 amide bonds. The van der Waals surface area contributed by atoms with Crippen molar-refractivity contribution in [2.75, 3.05) is 5.32 Å². The van der Waals surface area contributed by atoms with Gasteiger partial charge in [0.2, 0.25) is 11.4 Å². The van der Waals surface area contributed by atoms with E-state index in [0.717, 1.165) is 6.42 Å². The minimum absolute atomic E-state index is 0.00570. The zero-order valence-electron chi connectivity index (χ0n) is 16.5. The fraction of sp³-hybridized carbons (Fsp3) is 0.400. The molecule has 8 nitrogen and oxygen atoms in total. The van der Waals surface area contributed by atoms with Gasteiger partial charge in [-0.2, -0.15) is 13.2 Å². The number of carbonyl (C=O) groups is 2. The van der Waals surface area contributed by atoms with Crippen LogP contribution in [0.1, 0.15) is 37.7 Å². The lowest BCUT2D eigenvalue weighted by Gasteiger charge is -2.32. The maximum absolute atomic E-state index is 14.4. The Labute approximate surface area is 183 Å². The molecule has 1 fully saturated rings. The molecule has 1 aromatic heterocycles. The van der Waals surface area contributed by atoms with Crippen LogP contribution in [0.5, 0.6) is 0 Å². The first kappa shape index (κ1) is 22.1. The lowest BCUT2D eigenvalue weighted by molar-refractivity contribution is -0.201. The molecule has 0 bridgehead atoms. The van der Waals surface area contributed by atoms with Crippen molar-refractivity contribution in [3.8, 4) is 5.69 Å². The highest BCUT2D eigenvalue weighted by Crippen LogP contribution is 2.46. The van der Waals surface area contributed by atoms with Crippen LogP contribution in [0.2, 0.25) is 5.02 Å². The van der Waals surface area contributed by atoms with E-state index >= 15 is 0 Å². The predicted octanol–water partition coefficient (Wildman–Crippen LogP) is 2.59. The molecule has 1 atom stereocenters. The minimum atomic E-state index is -5.37. The summed E-state index contributed by atoms with van der Waals surface area (Å²) in [5.41, 5.74) is -7.35. The van der Waals surface area contributed by atoms with Gasteiger partial charge < -0.3 is 10.6 Å². The lowest BCUT2D eigenvalue weighted by atomic mass is 9.86. The second-order valence-corrected chi connectivity index (χ2v) is 8.20. The van der Waals surface area contributed by atoms with Crippen molar-refractivity contribution < 1.29 is 22.8 Å². The Balaban J connectivity index is 1.94. The summed E-state index contributed by atoms with van der Waals surface area (Å²) in [5, 5.41) is 3.80. The summed E-state index contributed by atoms with van der Waals surface area (Å²) in [5.74, 6) is -4.06. The Kier molecular flexibility index (Phi) is 5.40. The fourth-order valence-electron chi connectivity index (χ4n) is 4.29. The number of alkyl halides is 3. The first-order chi connectivity index (χ1) is 15.1. The van der Waals surface area contributed by atoms with Crippen LogP contribution in [0.3, 0.4) is 0 Å². The van der Waals surface area contributed by atoms with Crippen molar-refractivity contribution in [1.29, 1.82) is 0 Å². The van der Waals surface area contributed by atoms with Crippen molar-refractivity contribution in [1.82, 2.24) is 14.9 Å². The Hall–Kier alpha value is -3.08. The number of aromatic amines is 1. The Morgan fingerprint density at radius 2 is 1.78 bits per heavy atom. The van der Waals surface area contributed by atoms with E-state index in [0.29, 0.717) is 30.3 Å². The lowest BCUT2D eigenvalue weighted by Crippen LogP contribution is -2.63. The average Bonchev–Trinajstić information content (AvgIpc) is 3.03. The van der Waals surface area contributed by atoms with E-state index in [1.165, 1.54) is 24.3 Å². The molecule has 3 N–H and O–H groups in total. The smallest absolute Gasteiger partial charge is 0.330 e. The van der Waals surface area contributed by atoms with Crippen molar-refractivity contribution >= 4 is 29.2 Å². The summed E-state index contributed by atoms with van der Waals surface area (Å²) in [7, 11) is 0. The number of benzene rings is 1. The largest absolute Gasteiger partial charge is 0.425 e. The van der Waals surface area contributed by atoms with Crippen molar-refractivity contribution in [2.45, 2.75) is 43.8 Å². The Morgan fingerprint density at radius 1 is 1.12 bits per heavy atom. The molecule has 2 aliphatic rings. The van der Waals surface area contributed by atoms with Crippen LogP contribution >= 0.6 is 11.6 Å². The highest BCUT2D eigenvalue weighted by molar-refractivity contribution is 6.32. The van der Waals surface area contributed by atoms with Crippen LogP contribution in [-0.4, -0.2) is 27.5 Å². The third-order valence-electron chi connectivity index (χ3n) is 5.86. The number of carbonyl (C=O) groups excluding carboxylic acids is 2. The number of rotatable bonds is 3. The molecule has 2 heterocycles.